The van der Waals surface area contributed by atoms with Crippen LogP contribution in [0.2, 0.25) is 0 Å². The second-order valence-corrected chi connectivity index (χ2v) is 8.78. The average molecular weight is 497 g/mol. The quantitative estimate of drug-likeness (QED) is 0.602. The molecule has 1 saturated heterocycles. The Morgan fingerprint density at radius 1 is 1.34 bits per heavy atom. The molecule has 0 aliphatic carbocycles. The van der Waals surface area contributed by atoms with E-state index in [4.69, 9.17) is 15.7 Å². The molecule has 0 unspecified atom stereocenters. The Hall–Kier alpha value is -2.50. The van der Waals surface area contributed by atoms with Gasteiger partial charge in [-0.2, -0.15) is 22.7 Å². The van der Waals surface area contributed by atoms with Crippen molar-refractivity contribution in [2.45, 2.75) is 22.8 Å². The number of hydrogen-bond acceptors (Lipinski definition) is 7. The lowest BCUT2D eigenvalue weighted by Crippen LogP contribution is -2.50. The monoisotopic (exact) mass is 496 g/mol. The minimum absolute atomic E-state index is 0. The number of nitriles is 1. The van der Waals surface area contributed by atoms with Gasteiger partial charge in [-0.1, -0.05) is 0 Å². The largest absolute Gasteiger partial charge is 0.486 e. The van der Waals surface area contributed by atoms with Crippen LogP contribution < -0.4 is 10.5 Å². The lowest BCUT2D eigenvalue weighted by atomic mass is 10.0. The first-order valence-electron chi connectivity index (χ1n) is 8.73. The summed E-state index contributed by atoms with van der Waals surface area (Å²) < 4.78 is 83.8. The number of aliphatic hydroxyl groups is 1. The highest BCUT2D eigenvalue weighted by atomic mass is 35.5. The predicted octanol–water partition coefficient (Wildman–Crippen LogP) is 1.67. The molecule has 174 valence electrons. The normalized spacial score (nSPS) is 21.6. The Labute approximate surface area is 186 Å². The number of nitrogens with two attached hydrogens (primary N) is 1. The summed E-state index contributed by atoms with van der Waals surface area (Å²) in [6, 6.07) is 6.27. The fraction of sp³-hybridized carbons (Fsp3) is 0.333. The third-order valence-corrected chi connectivity index (χ3v) is 6.57. The van der Waals surface area contributed by atoms with Crippen LogP contribution in [0.3, 0.4) is 0 Å². The molecule has 0 spiro atoms. The molecule has 2 aromatic rings. The molecule has 2 heterocycles. The molecule has 8 nitrogen and oxygen atoms in total. The molecule has 1 aliphatic heterocycles. The number of ether oxygens (including phenoxy) is 1. The van der Waals surface area contributed by atoms with Crippen LogP contribution in [0.1, 0.15) is 11.3 Å². The van der Waals surface area contributed by atoms with E-state index in [1.54, 1.807) is 6.07 Å². The first kappa shape index (κ1) is 25.8. The third-order valence-electron chi connectivity index (χ3n) is 4.78. The van der Waals surface area contributed by atoms with E-state index in [9.17, 15) is 31.1 Å². The summed E-state index contributed by atoms with van der Waals surface area (Å²) in [5, 5.41) is 19.5. The van der Waals surface area contributed by atoms with Gasteiger partial charge in [0, 0.05) is 25.4 Å². The van der Waals surface area contributed by atoms with E-state index >= 15 is 0 Å². The van der Waals surface area contributed by atoms with Crippen molar-refractivity contribution >= 4 is 22.4 Å². The predicted molar refractivity (Wildman–Crippen MR) is 105 cm³/mol. The Balaban J connectivity index is 0.00000363. The number of halogens is 5. The van der Waals surface area contributed by atoms with E-state index in [1.807, 2.05) is 0 Å². The molecular weight excluding hydrogens is 480 g/mol. The maximum Gasteiger partial charge on any atom is 0.433 e. The van der Waals surface area contributed by atoms with Crippen molar-refractivity contribution in [1.82, 2.24) is 9.29 Å². The molecule has 32 heavy (non-hydrogen) atoms. The highest BCUT2D eigenvalue weighted by Crippen LogP contribution is 2.32. The lowest BCUT2D eigenvalue weighted by molar-refractivity contribution is -0.141. The van der Waals surface area contributed by atoms with Crippen molar-refractivity contribution in [3.05, 3.63) is 53.6 Å². The molecule has 0 radical (unpaired) electrons. The zero-order valence-corrected chi connectivity index (χ0v) is 17.7. The number of alkyl halides is 3. The Bertz CT molecular complexity index is 1130. The number of β-amino-alcohol motifs (C(OH)–C–C–N with tert-alkyl or cyclic N) is 1. The summed E-state index contributed by atoms with van der Waals surface area (Å²) in [7, 11) is -4.34. The van der Waals surface area contributed by atoms with E-state index in [0.717, 1.165) is 22.5 Å². The summed E-state index contributed by atoms with van der Waals surface area (Å²) in [4.78, 5) is 2.63. The summed E-state index contributed by atoms with van der Waals surface area (Å²) in [5.74, 6) is -0.932. The molecule has 2 atom stereocenters. The maximum atomic E-state index is 13.8. The molecule has 1 fully saturated rings. The number of rotatable bonds is 5. The summed E-state index contributed by atoms with van der Waals surface area (Å²) in [5.41, 5.74) is 2.26. The molecular formula is C18H17ClF4N4O4S. The molecule has 3 rings (SSSR count). The first-order valence-corrected chi connectivity index (χ1v) is 10.2. The number of hydrogen-bond donors (Lipinski definition) is 2. The van der Waals surface area contributed by atoms with E-state index < -0.39 is 63.9 Å². The van der Waals surface area contributed by atoms with Gasteiger partial charge in [-0.15, -0.1) is 12.4 Å². The second-order valence-electron chi connectivity index (χ2n) is 6.84. The van der Waals surface area contributed by atoms with E-state index in [0.29, 0.717) is 12.3 Å². The number of sulfonamides is 1. The molecule has 1 aromatic heterocycles. The highest BCUT2D eigenvalue weighted by Gasteiger charge is 2.50. The van der Waals surface area contributed by atoms with E-state index in [1.165, 1.54) is 6.07 Å². The zero-order valence-electron chi connectivity index (χ0n) is 16.1. The van der Waals surface area contributed by atoms with Gasteiger partial charge in [0.25, 0.3) is 0 Å². The number of aromatic nitrogens is 1. The van der Waals surface area contributed by atoms with Crippen molar-refractivity contribution in [3.8, 4) is 11.8 Å². The second kappa shape index (κ2) is 9.16. The minimum atomic E-state index is -4.73. The average Bonchev–Trinajstić information content (AvgIpc) is 3.05. The van der Waals surface area contributed by atoms with Crippen LogP contribution >= 0.6 is 12.4 Å². The van der Waals surface area contributed by atoms with Crippen LogP contribution in [0.5, 0.6) is 5.75 Å². The number of nitrogens with zero attached hydrogens (tertiary/aromatic N) is 3. The molecule has 0 saturated carbocycles. The van der Waals surface area contributed by atoms with E-state index in [-0.39, 0.29) is 23.7 Å². The van der Waals surface area contributed by atoms with Crippen LogP contribution in [-0.4, -0.2) is 54.2 Å². The third kappa shape index (κ3) is 4.94. The first-order chi connectivity index (χ1) is 14.4. The van der Waals surface area contributed by atoms with Crippen LogP contribution in [0.15, 0.2) is 41.4 Å². The van der Waals surface area contributed by atoms with Crippen molar-refractivity contribution in [2.24, 2.45) is 5.73 Å². The zero-order chi connectivity index (χ0) is 23.0. The van der Waals surface area contributed by atoms with Crippen molar-refractivity contribution in [1.29, 1.82) is 5.26 Å². The Kier molecular flexibility index (Phi) is 7.38. The lowest BCUT2D eigenvalue weighted by Gasteiger charge is -2.27. The molecule has 14 heteroatoms. The molecule has 1 aliphatic rings. The van der Waals surface area contributed by atoms with Gasteiger partial charge in [-0.25, -0.2) is 12.8 Å². The van der Waals surface area contributed by atoms with Crippen LogP contribution in [0.25, 0.3) is 0 Å². The maximum absolute atomic E-state index is 13.8. The van der Waals surface area contributed by atoms with Gasteiger partial charge in [0.2, 0.25) is 10.0 Å². The van der Waals surface area contributed by atoms with Gasteiger partial charge in [0.1, 0.15) is 39.9 Å². The van der Waals surface area contributed by atoms with Crippen LogP contribution in [0.4, 0.5) is 17.6 Å². The standard InChI is InChI=1S/C18H16F4N4O4S.ClH/c19-14-5-12(2-1-11(14)6-23)30-16-8-26(10-17(16,27)9-24)31(28,29)13-3-4-15(25-7-13)18(20,21)22;/h1-5,7,16,27H,8-10,24H2;1H/t16-,17-;/m0./s1. The Morgan fingerprint density at radius 3 is 2.53 bits per heavy atom. The number of benzene rings is 1. The summed E-state index contributed by atoms with van der Waals surface area (Å²) in [6.07, 6.45) is -5.36. The minimum Gasteiger partial charge on any atom is -0.486 e. The summed E-state index contributed by atoms with van der Waals surface area (Å²) >= 11 is 0. The van der Waals surface area contributed by atoms with Gasteiger partial charge in [-0.05, 0) is 24.3 Å². The van der Waals surface area contributed by atoms with E-state index in [2.05, 4.69) is 4.98 Å². The van der Waals surface area contributed by atoms with Gasteiger partial charge < -0.3 is 15.6 Å². The molecule has 0 amide bonds. The number of pyridine rings is 1. The topological polar surface area (TPSA) is 130 Å². The SMILES string of the molecule is Cl.N#Cc1ccc(O[C@H]2CN(S(=O)(=O)c3ccc(C(F)(F)F)nc3)C[C@@]2(O)CN)cc1F. The smallest absolute Gasteiger partial charge is 0.433 e. The molecule has 0 bridgehead atoms. The van der Waals surface area contributed by atoms with Crippen LogP contribution in [-0.2, 0) is 16.2 Å². The van der Waals surface area contributed by atoms with Crippen molar-refractivity contribution < 1.29 is 35.8 Å². The fourth-order valence-corrected chi connectivity index (χ4v) is 4.48. The van der Waals surface area contributed by atoms with Gasteiger partial charge in [0.15, 0.2) is 0 Å². The highest BCUT2D eigenvalue weighted by molar-refractivity contribution is 7.89. The van der Waals surface area contributed by atoms with Crippen molar-refractivity contribution in [3.63, 3.8) is 0 Å². The molecule has 3 N–H and O–H groups in total. The summed E-state index contributed by atoms with van der Waals surface area (Å²) in [6.45, 7) is -1.32. The van der Waals surface area contributed by atoms with Gasteiger partial charge in [0.05, 0.1) is 12.1 Å². The Morgan fingerprint density at radius 2 is 2.03 bits per heavy atom. The molecule has 1 aromatic carbocycles. The van der Waals surface area contributed by atoms with Crippen molar-refractivity contribution in [2.75, 3.05) is 19.6 Å². The van der Waals surface area contributed by atoms with Gasteiger partial charge in [-0.3, -0.25) is 4.98 Å². The van der Waals surface area contributed by atoms with Gasteiger partial charge >= 0.3 is 6.18 Å². The van der Waals surface area contributed by atoms with Crippen LogP contribution in [0, 0.1) is 17.1 Å². The fourth-order valence-electron chi connectivity index (χ4n) is 3.03.